The van der Waals surface area contributed by atoms with Gasteiger partial charge in [0.2, 0.25) is 0 Å². The fourth-order valence-corrected chi connectivity index (χ4v) is 4.28. The van der Waals surface area contributed by atoms with Crippen molar-refractivity contribution in [3.8, 4) is 0 Å². The summed E-state index contributed by atoms with van der Waals surface area (Å²) >= 11 is 0. The van der Waals surface area contributed by atoms with Crippen molar-refractivity contribution >= 4 is 5.91 Å². The van der Waals surface area contributed by atoms with Crippen LogP contribution < -0.4 is 5.73 Å². The Morgan fingerprint density at radius 2 is 2.00 bits per heavy atom. The van der Waals surface area contributed by atoms with Gasteiger partial charge in [-0.15, -0.1) is 0 Å². The molecule has 0 unspecified atom stereocenters. The smallest absolute Gasteiger partial charge is 0.252 e. The molecule has 2 aromatic carbocycles. The first-order valence-electron chi connectivity index (χ1n) is 9.72. The molecule has 5 nitrogen and oxygen atoms in total. The van der Waals surface area contributed by atoms with E-state index in [0.717, 1.165) is 17.2 Å². The third-order valence-corrected chi connectivity index (χ3v) is 5.82. The lowest BCUT2D eigenvalue weighted by Crippen LogP contribution is -2.54. The van der Waals surface area contributed by atoms with E-state index in [1.165, 1.54) is 12.1 Å². The monoisotopic (exact) mass is 402 g/mol. The van der Waals surface area contributed by atoms with E-state index in [-0.39, 0.29) is 30.2 Å². The first kappa shape index (κ1) is 19.9. The van der Waals surface area contributed by atoms with Crippen molar-refractivity contribution in [2.75, 3.05) is 20.3 Å². The number of fused-ring (bicyclic) bond motifs is 1. The van der Waals surface area contributed by atoms with Gasteiger partial charge in [-0.2, -0.15) is 0 Å². The zero-order valence-corrected chi connectivity index (χ0v) is 16.2. The van der Waals surface area contributed by atoms with Crippen molar-refractivity contribution in [1.29, 1.82) is 0 Å². The maximum atomic E-state index is 14.7. The van der Waals surface area contributed by atoms with E-state index in [1.54, 1.807) is 12.0 Å². The van der Waals surface area contributed by atoms with Crippen LogP contribution in [-0.2, 0) is 20.7 Å². The second-order valence-corrected chi connectivity index (χ2v) is 7.54. The highest BCUT2D eigenvalue weighted by Crippen LogP contribution is 2.37. The van der Waals surface area contributed by atoms with Crippen molar-refractivity contribution in [2.24, 2.45) is 5.73 Å². The Kier molecular flexibility index (Phi) is 5.63. The molecule has 1 fully saturated rings. The highest BCUT2D eigenvalue weighted by atomic mass is 19.1. The fraction of sp³-hybridized carbons (Fsp3) is 0.409. The summed E-state index contributed by atoms with van der Waals surface area (Å²) in [5.41, 5.74) is 8.14. The molecule has 2 aliphatic heterocycles. The predicted octanol–water partition coefficient (Wildman–Crippen LogP) is 2.57. The SMILES string of the molecule is CO[C@H]1C[C@H](C(=O)N2CCc3ccccc3[C@@H]2c2ccc(F)cc2F)OC[C@H]1N. The number of hydrogen-bond acceptors (Lipinski definition) is 4. The van der Waals surface area contributed by atoms with Gasteiger partial charge in [0, 0.05) is 31.7 Å². The number of carbonyl (C=O) groups excluding carboxylic acids is 1. The van der Waals surface area contributed by atoms with Crippen molar-refractivity contribution < 1.29 is 23.0 Å². The van der Waals surface area contributed by atoms with Gasteiger partial charge in [0.25, 0.3) is 5.91 Å². The van der Waals surface area contributed by atoms with E-state index in [9.17, 15) is 13.6 Å². The number of carbonyl (C=O) groups is 1. The molecule has 0 aliphatic carbocycles. The van der Waals surface area contributed by atoms with Gasteiger partial charge < -0.3 is 20.1 Å². The summed E-state index contributed by atoms with van der Waals surface area (Å²) in [6, 6.07) is 10.2. The molecule has 7 heteroatoms. The van der Waals surface area contributed by atoms with Gasteiger partial charge in [-0.05, 0) is 23.6 Å². The highest BCUT2D eigenvalue weighted by molar-refractivity contribution is 5.82. The Labute approximate surface area is 168 Å². The molecule has 0 saturated carbocycles. The number of rotatable bonds is 3. The number of nitrogens with two attached hydrogens (primary N) is 1. The molecule has 1 saturated heterocycles. The second kappa shape index (κ2) is 8.18. The Balaban J connectivity index is 1.71. The van der Waals surface area contributed by atoms with Gasteiger partial charge in [-0.25, -0.2) is 8.78 Å². The van der Waals surface area contributed by atoms with E-state index in [0.29, 0.717) is 19.4 Å². The van der Waals surface area contributed by atoms with Crippen molar-refractivity contribution in [1.82, 2.24) is 4.90 Å². The van der Waals surface area contributed by atoms with Crippen LogP contribution in [0.4, 0.5) is 8.78 Å². The van der Waals surface area contributed by atoms with E-state index in [2.05, 4.69) is 0 Å². The lowest BCUT2D eigenvalue weighted by Gasteiger charge is -2.41. The summed E-state index contributed by atoms with van der Waals surface area (Å²) < 4.78 is 39.3. The van der Waals surface area contributed by atoms with Crippen LogP contribution >= 0.6 is 0 Å². The summed E-state index contributed by atoms with van der Waals surface area (Å²) in [4.78, 5) is 15.0. The average molecular weight is 402 g/mol. The van der Waals surface area contributed by atoms with Crippen molar-refractivity contribution in [3.05, 3.63) is 70.8 Å². The molecule has 4 rings (SSSR count). The van der Waals surface area contributed by atoms with Crippen LogP contribution in [0.2, 0.25) is 0 Å². The van der Waals surface area contributed by atoms with Crippen LogP contribution in [0.15, 0.2) is 42.5 Å². The first-order valence-corrected chi connectivity index (χ1v) is 9.72. The minimum Gasteiger partial charge on any atom is -0.380 e. The van der Waals surface area contributed by atoms with E-state index >= 15 is 0 Å². The lowest BCUT2D eigenvalue weighted by atomic mass is 9.87. The Bertz CT molecular complexity index is 907. The quantitative estimate of drug-likeness (QED) is 0.857. The molecule has 4 atom stereocenters. The Morgan fingerprint density at radius 1 is 1.21 bits per heavy atom. The normalized spacial score (nSPS) is 26.8. The third-order valence-electron chi connectivity index (χ3n) is 5.82. The number of methoxy groups -OCH3 is 1. The number of benzene rings is 2. The Morgan fingerprint density at radius 3 is 2.76 bits per heavy atom. The van der Waals surface area contributed by atoms with Crippen molar-refractivity contribution in [2.45, 2.75) is 37.1 Å². The molecule has 154 valence electrons. The van der Waals surface area contributed by atoms with Crippen LogP contribution in [0.3, 0.4) is 0 Å². The third kappa shape index (κ3) is 3.77. The van der Waals surface area contributed by atoms with Crippen LogP contribution in [0, 0.1) is 11.6 Å². The molecule has 0 spiro atoms. The van der Waals surface area contributed by atoms with Gasteiger partial charge in [0.15, 0.2) is 0 Å². The number of ether oxygens (including phenoxy) is 2. The zero-order valence-electron chi connectivity index (χ0n) is 16.2. The summed E-state index contributed by atoms with van der Waals surface area (Å²) in [7, 11) is 1.56. The summed E-state index contributed by atoms with van der Waals surface area (Å²) in [5.74, 6) is -1.56. The molecule has 0 aromatic heterocycles. The molecular weight excluding hydrogens is 378 g/mol. The molecule has 1 amide bonds. The van der Waals surface area contributed by atoms with Crippen molar-refractivity contribution in [3.63, 3.8) is 0 Å². The van der Waals surface area contributed by atoms with E-state index < -0.39 is 23.8 Å². The maximum Gasteiger partial charge on any atom is 0.252 e. The summed E-state index contributed by atoms with van der Waals surface area (Å²) in [5, 5.41) is 0. The Hall–Kier alpha value is -2.35. The minimum absolute atomic E-state index is 0.217. The molecule has 2 heterocycles. The zero-order chi connectivity index (χ0) is 20.5. The average Bonchev–Trinajstić information content (AvgIpc) is 2.73. The number of hydrogen-bond donors (Lipinski definition) is 1. The lowest BCUT2D eigenvalue weighted by molar-refractivity contribution is -0.155. The minimum atomic E-state index is -0.712. The van der Waals surface area contributed by atoms with Gasteiger partial charge >= 0.3 is 0 Å². The molecular formula is C22H24F2N2O3. The van der Waals surface area contributed by atoms with Gasteiger partial charge in [0.05, 0.1) is 24.8 Å². The largest absolute Gasteiger partial charge is 0.380 e. The molecule has 0 radical (unpaired) electrons. The molecule has 0 bridgehead atoms. The summed E-state index contributed by atoms with van der Waals surface area (Å²) in [6.45, 7) is 0.635. The number of halogens is 2. The molecule has 29 heavy (non-hydrogen) atoms. The first-order chi connectivity index (χ1) is 14.0. The number of nitrogens with zero attached hydrogens (tertiary/aromatic N) is 1. The fourth-order valence-electron chi connectivity index (χ4n) is 4.28. The van der Waals surface area contributed by atoms with Gasteiger partial charge in [-0.1, -0.05) is 30.3 Å². The van der Waals surface area contributed by atoms with Crippen LogP contribution in [0.5, 0.6) is 0 Å². The van der Waals surface area contributed by atoms with E-state index in [1.807, 2.05) is 24.3 Å². The molecule has 2 aliphatic rings. The van der Waals surface area contributed by atoms with Gasteiger partial charge in [0.1, 0.15) is 17.7 Å². The summed E-state index contributed by atoms with van der Waals surface area (Å²) in [6.07, 6.45) is 0.000780. The highest BCUT2D eigenvalue weighted by Gasteiger charge is 2.40. The second-order valence-electron chi connectivity index (χ2n) is 7.54. The van der Waals surface area contributed by atoms with Crippen LogP contribution in [0.1, 0.15) is 29.2 Å². The predicted molar refractivity (Wildman–Crippen MR) is 103 cm³/mol. The topological polar surface area (TPSA) is 64.8 Å². The van der Waals surface area contributed by atoms with Gasteiger partial charge in [-0.3, -0.25) is 4.79 Å². The molecule has 2 aromatic rings. The standard InChI is InChI=1S/C22H24F2N2O3/c1-28-19-11-20(29-12-18(19)25)22(27)26-9-8-13-4-2-3-5-15(13)21(26)16-7-6-14(23)10-17(16)24/h2-7,10,18-21H,8-9,11-12,25H2,1H3/t18-,19+,20-,21-/m1/s1. The van der Waals surface area contributed by atoms with Crippen LogP contribution in [-0.4, -0.2) is 49.3 Å². The maximum absolute atomic E-state index is 14.7. The van der Waals surface area contributed by atoms with Crippen LogP contribution in [0.25, 0.3) is 0 Å². The van der Waals surface area contributed by atoms with E-state index in [4.69, 9.17) is 15.2 Å². The molecule has 2 N–H and O–H groups in total. The number of amides is 1.